The van der Waals surface area contributed by atoms with Crippen molar-refractivity contribution in [3.63, 3.8) is 0 Å². The van der Waals surface area contributed by atoms with Gasteiger partial charge in [-0.25, -0.2) is 0 Å². The van der Waals surface area contributed by atoms with Crippen LogP contribution in [-0.2, 0) is 28.6 Å². The Bertz CT molecular complexity index is 1270. The number of hydrogen-bond donors (Lipinski definition) is 0. The minimum atomic E-state index is -0.848. The maximum absolute atomic E-state index is 12.7. The predicted molar refractivity (Wildman–Crippen MR) is 242 cm³/mol. The van der Waals surface area contributed by atoms with Crippen molar-refractivity contribution >= 4 is 17.9 Å². The van der Waals surface area contributed by atoms with Gasteiger partial charge in [-0.2, -0.15) is 0 Å². The van der Waals surface area contributed by atoms with Crippen LogP contribution in [0.1, 0.15) is 162 Å². The smallest absolute Gasteiger partial charge is 0.309 e. The highest BCUT2D eigenvalue weighted by Crippen LogP contribution is 2.11. The summed E-state index contributed by atoms with van der Waals surface area (Å²) in [5.41, 5.74) is 0. The van der Waals surface area contributed by atoms with Crippen LogP contribution in [0.25, 0.3) is 0 Å². The summed E-state index contributed by atoms with van der Waals surface area (Å²) in [6.07, 6.45) is 60.9. The van der Waals surface area contributed by atoms with Crippen LogP contribution < -0.4 is 0 Å². The highest BCUT2D eigenvalue weighted by molar-refractivity contribution is 5.72. The highest BCUT2D eigenvalue weighted by atomic mass is 16.6. The Hall–Kier alpha value is -4.19. The molecular weight excluding hydrogens is 709 g/mol. The van der Waals surface area contributed by atoms with E-state index >= 15 is 0 Å². The van der Waals surface area contributed by atoms with Crippen LogP contribution in [-0.4, -0.2) is 37.2 Å². The summed E-state index contributed by atoms with van der Waals surface area (Å²) in [6, 6.07) is 0. The number of carbonyl (C=O) groups is 3. The first kappa shape index (κ1) is 52.8. The molecule has 0 heterocycles. The van der Waals surface area contributed by atoms with Crippen LogP contribution in [0.4, 0.5) is 0 Å². The third-order valence-corrected chi connectivity index (χ3v) is 8.48. The van der Waals surface area contributed by atoms with E-state index in [9.17, 15) is 14.4 Å². The zero-order valence-electron chi connectivity index (χ0n) is 36.0. The number of unbranched alkanes of at least 4 members (excludes halogenated alkanes) is 7. The predicted octanol–water partition coefficient (Wildman–Crippen LogP) is 14.2. The van der Waals surface area contributed by atoms with Crippen molar-refractivity contribution in [3.8, 4) is 0 Å². The molecule has 0 radical (unpaired) electrons. The van der Waals surface area contributed by atoms with Gasteiger partial charge in [-0.1, -0.05) is 174 Å². The van der Waals surface area contributed by atoms with E-state index < -0.39 is 12.1 Å². The molecule has 6 heteroatoms. The molecule has 0 amide bonds. The van der Waals surface area contributed by atoms with E-state index in [0.29, 0.717) is 6.42 Å². The zero-order valence-corrected chi connectivity index (χ0v) is 36.0. The molecule has 0 aliphatic rings. The lowest BCUT2D eigenvalue weighted by atomic mass is 10.1. The normalized spacial score (nSPS) is 13.2. The first-order valence-electron chi connectivity index (χ1n) is 22.0. The molecule has 0 aliphatic carbocycles. The fourth-order valence-corrected chi connectivity index (χ4v) is 5.21. The molecule has 0 spiro atoms. The Labute approximate surface area is 348 Å². The Morgan fingerprint density at radius 3 is 1.30 bits per heavy atom. The maximum atomic E-state index is 12.7. The van der Waals surface area contributed by atoms with Gasteiger partial charge in [-0.15, -0.1) is 0 Å². The molecule has 0 rings (SSSR count). The Kier molecular flexibility index (Phi) is 41.3. The van der Waals surface area contributed by atoms with Crippen molar-refractivity contribution < 1.29 is 28.6 Å². The van der Waals surface area contributed by atoms with E-state index in [0.717, 1.165) is 103 Å². The standard InChI is InChI=1S/C51H78O6/c1-4-7-10-13-16-19-21-22-23-24-25-26-27-28-30-32-35-38-41-44-50(53)56-47-48(46-55-49(52)43-40-37-34-31-18-15-12-9-6-3)57-51(54)45-42-39-36-33-29-20-17-14-11-8-5-2/h7,9-10,12,14,16-19,22-23,25-26,28,30-31,35,37-38,40,48H,4-6,8,11,13,15,20-21,24,27,29,32-34,36,39,41-47H2,1-3H3/b10-7-,12-9-,17-14-,19-16-,23-22-,26-25-,30-28-,31-18-,38-35-,40-37-. The van der Waals surface area contributed by atoms with Gasteiger partial charge in [-0.05, 0) is 89.9 Å². The van der Waals surface area contributed by atoms with Gasteiger partial charge in [0.25, 0.3) is 0 Å². The molecule has 0 aromatic carbocycles. The molecule has 1 unspecified atom stereocenters. The number of esters is 3. The molecule has 0 aromatic rings. The summed E-state index contributed by atoms with van der Waals surface area (Å²) < 4.78 is 16.5. The quantitative estimate of drug-likeness (QED) is 0.0270. The highest BCUT2D eigenvalue weighted by Gasteiger charge is 2.19. The first-order valence-corrected chi connectivity index (χ1v) is 22.0. The Morgan fingerprint density at radius 1 is 0.386 bits per heavy atom. The van der Waals surface area contributed by atoms with Crippen molar-refractivity contribution in [3.05, 3.63) is 122 Å². The number of ether oxygens (including phenoxy) is 3. The van der Waals surface area contributed by atoms with Crippen LogP contribution in [0.3, 0.4) is 0 Å². The maximum Gasteiger partial charge on any atom is 0.309 e. The van der Waals surface area contributed by atoms with Gasteiger partial charge in [0.05, 0.1) is 6.42 Å². The van der Waals surface area contributed by atoms with Gasteiger partial charge in [-0.3, -0.25) is 14.4 Å². The molecule has 0 fully saturated rings. The second kappa shape index (κ2) is 44.5. The molecule has 0 aromatic heterocycles. The van der Waals surface area contributed by atoms with Crippen LogP contribution in [0.15, 0.2) is 122 Å². The topological polar surface area (TPSA) is 78.9 Å². The largest absolute Gasteiger partial charge is 0.462 e. The molecule has 0 N–H and O–H groups in total. The second-order valence-corrected chi connectivity index (χ2v) is 13.8. The summed E-state index contributed by atoms with van der Waals surface area (Å²) in [5.74, 6) is -1.18. The van der Waals surface area contributed by atoms with Crippen molar-refractivity contribution in [2.75, 3.05) is 13.2 Å². The van der Waals surface area contributed by atoms with Gasteiger partial charge >= 0.3 is 17.9 Å². The lowest BCUT2D eigenvalue weighted by Crippen LogP contribution is -2.30. The molecule has 0 aliphatic heterocycles. The molecule has 0 bridgehead atoms. The van der Waals surface area contributed by atoms with Crippen LogP contribution in [0.5, 0.6) is 0 Å². The van der Waals surface area contributed by atoms with E-state index in [2.05, 4.69) is 118 Å². The minimum Gasteiger partial charge on any atom is -0.462 e. The van der Waals surface area contributed by atoms with E-state index in [4.69, 9.17) is 14.2 Å². The summed E-state index contributed by atoms with van der Waals surface area (Å²) in [7, 11) is 0. The van der Waals surface area contributed by atoms with Crippen molar-refractivity contribution in [1.82, 2.24) is 0 Å². The number of rotatable bonds is 37. The summed E-state index contributed by atoms with van der Waals surface area (Å²) in [6.45, 7) is 6.15. The lowest BCUT2D eigenvalue weighted by Gasteiger charge is -2.18. The van der Waals surface area contributed by atoms with E-state index in [1.807, 2.05) is 18.2 Å². The molecule has 318 valence electrons. The van der Waals surface area contributed by atoms with Gasteiger partial charge in [0.15, 0.2) is 6.10 Å². The monoisotopic (exact) mass is 787 g/mol. The van der Waals surface area contributed by atoms with Crippen molar-refractivity contribution in [2.45, 2.75) is 168 Å². The summed E-state index contributed by atoms with van der Waals surface area (Å²) in [4.78, 5) is 37.5. The SMILES string of the molecule is CC/C=C\C/C=C\C/C=C\C/C=C\C/C=C\C/C=C\CCC(=O)OCC(COC(=O)C/C=C\C/C=C\C/C=C\CC)OC(=O)CCCCCCC/C=C\CCCC. The molecule has 57 heavy (non-hydrogen) atoms. The van der Waals surface area contributed by atoms with Gasteiger partial charge in [0, 0.05) is 12.8 Å². The minimum absolute atomic E-state index is 0.116. The van der Waals surface area contributed by atoms with Crippen LogP contribution >= 0.6 is 0 Å². The third-order valence-electron chi connectivity index (χ3n) is 8.48. The average molecular weight is 787 g/mol. The average Bonchev–Trinajstić information content (AvgIpc) is 3.21. The van der Waals surface area contributed by atoms with Crippen molar-refractivity contribution in [1.29, 1.82) is 0 Å². The Balaban J connectivity index is 4.56. The third kappa shape index (κ3) is 42.8. The number of hydrogen-bond acceptors (Lipinski definition) is 6. The fourth-order valence-electron chi connectivity index (χ4n) is 5.21. The number of allylic oxidation sites excluding steroid dienone is 19. The molecule has 0 saturated heterocycles. The van der Waals surface area contributed by atoms with Crippen molar-refractivity contribution in [2.24, 2.45) is 0 Å². The zero-order chi connectivity index (χ0) is 41.5. The van der Waals surface area contributed by atoms with E-state index in [-0.39, 0.29) is 44.4 Å². The molecule has 6 nitrogen and oxygen atoms in total. The van der Waals surface area contributed by atoms with E-state index in [1.54, 1.807) is 6.08 Å². The van der Waals surface area contributed by atoms with E-state index in [1.165, 1.54) is 12.8 Å². The van der Waals surface area contributed by atoms with Gasteiger partial charge < -0.3 is 14.2 Å². The first-order chi connectivity index (χ1) is 28.0. The fraction of sp³-hybridized carbons (Fsp3) is 0.549. The lowest BCUT2D eigenvalue weighted by molar-refractivity contribution is -0.166. The van der Waals surface area contributed by atoms with Gasteiger partial charge in [0.2, 0.25) is 0 Å². The van der Waals surface area contributed by atoms with Crippen LogP contribution in [0.2, 0.25) is 0 Å². The second-order valence-electron chi connectivity index (χ2n) is 13.8. The molecular formula is C51H78O6. The Morgan fingerprint density at radius 2 is 0.789 bits per heavy atom. The van der Waals surface area contributed by atoms with Crippen LogP contribution in [0, 0.1) is 0 Å². The molecule has 0 saturated carbocycles. The summed E-state index contributed by atoms with van der Waals surface area (Å²) >= 11 is 0. The summed E-state index contributed by atoms with van der Waals surface area (Å²) in [5, 5.41) is 0. The molecule has 1 atom stereocenters. The number of carbonyl (C=O) groups excluding carboxylic acids is 3. The van der Waals surface area contributed by atoms with Gasteiger partial charge in [0.1, 0.15) is 13.2 Å².